The van der Waals surface area contributed by atoms with Gasteiger partial charge in [0.1, 0.15) is 0 Å². The van der Waals surface area contributed by atoms with E-state index in [1.165, 1.54) is 56.2 Å². The molecule has 112 valence electrons. The lowest BCUT2D eigenvalue weighted by Crippen LogP contribution is -2.19. The lowest BCUT2D eigenvalue weighted by Gasteiger charge is -2.21. The van der Waals surface area contributed by atoms with Crippen molar-refractivity contribution in [1.29, 1.82) is 0 Å². The van der Waals surface area contributed by atoms with Crippen LogP contribution in [0.4, 0.5) is 0 Å². The first-order chi connectivity index (χ1) is 9.55. The van der Waals surface area contributed by atoms with Crippen molar-refractivity contribution in [3.63, 3.8) is 0 Å². The maximum Gasteiger partial charge on any atom is 0.0205 e. The van der Waals surface area contributed by atoms with E-state index in [1.807, 2.05) is 0 Å². The van der Waals surface area contributed by atoms with E-state index in [-0.39, 0.29) is 5.41 Å². The highest BCUT2D eigenvalue weighted by molar-refractivity contribution is 5.27. The molecule has 0 radical (unpaired) electrons. The molecule has 1 aromatic carbocycles. The zero-order valence-corrected chi connectivity index (χ0v) is 13.5. The second-order valence-corrected chi connectivity index (χ2v) is 7.42. The fourth-order valence-corrected chi connectivity index (χ4v) is 3.14. The van der Waals surface area contributed by atoms with E-state index in [4.69, 9.17) is 0 Å². The summed E-state index contributed by atoms with van der Waals surface area (Å²) in [5.74, 6) is 0.986. The summed E-state index contributed by atoms with van der Waals surface area (Å²) in [6, 6.07) is 9.10. The van der Waals surface area contributed by atoms with Gasteiger partial charge in [-0.05, 0) is 35.4 Å². The minimum atomic E-state index is 0.257. The molecule has 1 nitrogen and oxygen atoms in total. The summed E-state index contributed by atoms with van der Waals surface area (Å²) in [5, 5.41) is 3.61. The van der Waals surface area contributed by atoms with Crippen molar-refractivity contribution in [2.45, 2.75) is 71.3 Å². The largest absolute Gasteiger partial charge is 0.313 e. The Morgan fingerprint density at radius 1 is 1.00 bits per heavy atom. The number of benzene rings is 1. The number of hydrogen-bond acceptors (Lipinski definition) is 1. The lowest BCUT2D eigenvalue weighted by atomic mass is 9.86. The van der Waals surface area contributed by atoms with E-state index >= 15 is 0 Å². The van der Waals surface area contributed by atoms with E-state index in [9.17, 15) is 0 Å². The molecule has 0 aliphatic heterocycles. The fraction of sp³-hybridized carbons (Fsp3) is 0.684. The molecule has 0 spiro atoms. The molecular weight excluding hydrogens is 242 g/mol. The lowest BCUT2D eigenvalue weighted by molar-refractivity contribution is 0.334. The van der Waals surface area contributed by atoms with Gasteiger partial charge in [-0.15, -0.1) is 0 Å². The van der Waals surface area contributed by atoms with Crippen LogP contribution in [0.25, 0.3) is 0 Å². The van der Waals surface area contributed by atoms with Crippen LogP contribution < -0.4 is 5.32 Å². The highest BCUT2D eigenvalue weighted by atomic mass is 14.8. The first-order valence-corrected chi connectivity index (χ1v) is 8.36. The molecule has 0 heterocycles. The van der Waals surface area contributed by atoms with Gasteiger partial charge in [0.25, 0.3) is 0 Å². The van der Waals surface area contributed by atoms with Crippen LogP contribution in [0.15, 0.2) is 24.3 Å². The van der Waals surface area contributed by atoms with E-state index in [2.05, 4.69) is 50.4 Å². The van der Waals surface area contributed by atoms with Gasteiger partial charge in [0.05, 0.1) is 0 Å². The Hall–Kier alpha value is -0.820. The van der Waals surface area contributed by atoms with Crippen LogP contribution in [-0.4, -0.2) is 6.54 Å². The van der Waals surface area contributed by atoms with Crippen LogP contribution in [-0.2, 0) is 12.0 Å². The summed E-state index contributed by atoms with van der Waals surface area (Å²) in [7, 11) is 0. The van der Waals surface area contributed by atoms with E-state index in [0.717, 1.165) is 12.5 Å². The van der Waals surface area contributed by atoms with Crippen molar-refractivity contribution in [2.75, 3.05) is 6.54 Å². The molecule has 0 atom stereocenters. The van der Waals surface area contributed by atoms with Gasteiger partial charge in [0.15, 0.2) is 0 Å². The third kappa shape index (κ3) is 4.94. The highest BCUT2D eigenvalue weighted by Gasteiger charge is 2.13. The third-order valence-electron chi connectivity index (χ3n) is 4.60. The highest BCUT2D eigenvalue weighted by Crippen LogP contribution is 2.26. The second-order valence-electron chi connectivity index (χ2n) is 7.42. The molecule has 1 heteroatoms. The van der Waals surface area contributed by atoms with Crippen LogP contribution >= 0.6 is 0 Å². The van der Waals surface area contributed by atoms with Crippen LogP contribution in [0.3, 0.4) is 0 Å². The molecular formula is C19H31N. The van der Waals surface area contributed by atoms with Crippen molar-refractivity contribution in [2.24, 2.45) is 5.92 Å². The van der Waals surface area contributed by atoms with Gasteiger partial charge in [0.2, 0.25) is 0 Å². The molecule has 0 amide bonds. The Morgan fingerprint density at radius 3 is 2.25 bits per heavy atom. The first-order valence-electron chi connectivity index (χ1n) is 8.36. The summed E-state index contributed by atoms with van der Waals surface area (Å²) < 4.78 is 0. The summed E-state index contributed by atoms with van der Waals surface area (Å²) in [5.41, 5.74) is 3.08. The summed E-state index contributed by atoms with van der Waals surface area (Å²) >= 11 is 0. The number of rotatable bonds is 5. The normalized spacial score (nSPS) is 17.4. The molecule has 1 aliphatic carbocycles. The van der Waals surface area contributed by atoms with Crippen molar-refractivity contribution in [3.05, 3.63) is 35.4 Å². The standard InChI is InChI=1S/C19H31N/c1-19(2,3)18-11-9-17(10-12-18)15-20-14-13-16-7-5-4-6-8-16/h9-12,16,20H,4-8,13-15H2,1-3H3. The van der Waals surface area contributed by atoms with Crippen molar-refractivity contribution >= 4 is 0 Å². The fourth-order valence-electron chi connectivity index (χ4n) is 3.14. The van der Waals surface area contributed by atoms with E-state index in [0.29, 0.717) is 0 Å². The van der Waals surface area contributed by atoms with Crippen molar-refractivity contribution in [1.82, 2.24) is 5.32 Å². The van der Waals surface area contributed by atoms with Gasteiger partial charge in [0, 0.05) is 6.54 Å². The molecule has 2 rings (SSSR count). The Bertz CT molecular complexity index is 379. The monoisotopic (exact) mass is 273 g/mol. The molecule has 1 N–H and O–H groups in total. The number of nitrogens with one attached hydrogen (secondary N) is 1. The minimum Gasteiger partial charge on any atom is -0.313 e. The van der Waals surface area contributed by atoms with Gasteiger partial charge < -0.3 is 5.32 Å². The van der Waals surface area contributed by atoms with Gasteiger partial charge in [-0.2, -0.15) is 0 Å². The summed E-state index contributed by atoms with van der Waals surface area (Å²) in [6.07, 6.45) is 8.66. The van der Waals surface area contributed by atoms with E-state index < -0.39 is 0 Å². The SMILES string of the molecule is CC(C)(C)c1ccc(CNCCC2CCCCC2)cc1. The molecule has 0 aromatic heterocycles. The molecule has 0 saturated heterocycles. The zero-order chi connectivity index (χ0) is 14.4. The second kappa shape index (κ2) is 7.26. The molecule has 0 unspecified atom stereocenters. The Morgan fingerprint density at radius 2 is 1.65 bits per heavy atom. The Balaban J connectivity index is 1.68. The molecule has 1 fully saturated rings. The zero-order valence-electron chi connectivity index (χ0n) is 13.5. The number of hydrogen-bond donors (Lipinski definition) is 1. The van der Waals surface area contributed by atoms with Gasteiger partial charge >= 0.3 is 0 Å². The Labute approximate surface area is 125 Å². The van der Waals surface area contributed by atoms with Crippen LogP contribution in [0.5, 0.6) is 0 Å². The average Bonchev–Trinajstić information content (AvgIpc) is 2.44. The molecule has 0 bridgehead atoms. The minimum absolute atomic E-state index is 0.257. The van der Waals surface area contributed by atoms with Gasteiger partial charge in [-0.25, -0.2) is 0 Å². The third-order valence-corrected chi connectivity index (χ3v) is 4.60. The van der Waals surface area contributed by atoms with E-state index in [1.54, 1.807) is 0 Å². The Kier molecular flexibility index (Phi) is 5.65. The van der Waals surface area contributed by atoms with Crippen LogP contribution in [0, 0.1) is 5.92 Å². The summed E-state index contributed by atoms with van der Waals surface area (Å²) in [4.78, 5) is 0. The smallest absolute Gasteiger partial charge is 0.0205 e. The molecule has 1 saturated carbocycles. The topological polar surface area (TPSA) is 12.0 Å². The maximum absolute atomic E-state index is 3.61. The maximum atomic E-state index is 3.61. The van der Waals surface area contributed by atoms with Crippen molar-refractivity contribution < 1.29 is 0 Å². The first kappa shape index (κ1) is 15.6. The quantitative estimate of drug-likeness (QED) is 0.741. The van der Waals surface area contributed by atoms with Gasteiger partial charge in [-0.3, -0.25) is 0 Å². The van der Waals surface area contributed by atoms with Gasteiger partial charge in [-0.1, -0.05) is 77.1 Å². The predicted molar refractivity (Wildman–Crippen MR) is 88.0 cm³/mol. The molecule has 20 heavy (non-hydrogen) atoms. The summed E-state index contributed by atoms with van der Waals surface area (Å²) in [6.45, 7) is 8.99. The predicted octanol–water partition coefficient (Wildman–Crippen LogP) is 5.04. The average molecular weight is 273 g/mol. The van der Waals surface area contributed by atoms with Crippen LogP contribution in [0.2, 0.25) is 0 Å². The molecule has 1 aliphatic rings. The van der Waals surface area contributed by atoms with Crippen molar-refractivity contribution in [3.8, 4) is 0 Å². The van der Waals surface area contributed by atoms with Crippen LogP contribution in [0.1, 0.15) is 70.4 Å². The molecule has 1 aromatic rings.